The second kappa shape index (κ2) is 19.7. The maximum atomic E-state index is 17.3. The van der Waals surface area contributed by atoms with Gasteiger partial charge in [-0.3, -0.25) is 0 Å². The Bertz CT molecular complexity index is 4850. The van der Waals surface area contributed by atoms with E-state index in [1.807, 2.05) is 36.4 Å². The maximum absolute atomic E-state index is 17.3. The molecule has 0 aromatic heterocycles. The largest absolute Gasteiger partial charge is 0.402 e. The molecule has 0 aliphatic heterocycles. The SMILES string of the molecule is CC1(C)c2cc3c(cc2C(C)(C(F)(F)F)c2cc4c(cc21)-c1cc(-c2ccc(-c5ccccc5)cc2)cc2cc(-c5ccc(-c6ccccc6)cc5)cc-4c12)-c1cc(-c2ccc(-c4ccccc4)cc2)cc2cc(-c4ccc(-c5ccccc5)cc4)cc-3c12. The minimum atomic E-state index is -4.68. The zero-order valence-electron chi connectivity index (χ0n) is 49.3. The van der Waals surface area contributed by atoms with E-state index in [4.69, 9.17) is 0 Å². The average molecular weight is 1150 g/mol. The van der Waals surface area contributed by atoms with Gasteiger partial charge in [0.05, 0.1) is 0 Å². The molecule has 0 nitrogen and oxygen atoms in total. The number of hydrogen-bond acceptors (Lipinski definition) is 0. The van der Waals surface area contributed by atoms with Gasteiger partial charge in [-0.05, 0) is 257 Å². The summed E-state index contributed by atoms with van der Waals surface area (Å²) in [4.78, 5) is 0. The van der Waals surface area contributed by atoms with Crippen LogP contribution < -0.4 is 0 Å². The van der Waals surface area contributed by atoms with Crippen molar-refractivity contribution in [3.8, 4) is 134 Å². The van der Waals surface area contributed by atoms with Gasteiger partial charge in [-0.25, -0.2) is 0 Å². The van der Waals surface area contributed by atoms with Crippen molar-refractivity contribution in [1.29, 1.82) is 0 Å². The van der Waals surface area contributed by atoms with Crippen LogP contribution in [0.1, 0.15) is 43.0 Å². The van der Waals surface area contributed by atoms with Gasteiger partial charge in [0.1, 0.15) is 5.41 Å². The lowest BCUT2D eigenvalue weighted by Crippen LogP contribution is -2.47. The Morgan fingerprint density at radius 2 is 0.416 bits per heavy atom. The molecular formula is C86H57F3. The second-order valence-electron chi connectivity index (χ2n) is 25.2. The van der Waals surface area contributed by atoms with Crippen molar-refractivity contribution in [1.82, 2.24) is 0 Å². The minimum absolute atomic E-state index is 0.297. The van der Waals surface area contributed by atoms with Gasteiger partial charge in [0.2, 0.25) is 0 Å². The highest BCUT2D eigenvalue weighted by Crippen LogP contribution is 2.63. The quantitative estimate of drug-likeness (QED) is 0.142. The number of fused-ring (bicyclic) bond motifs is 8. The highest BCUT2D eigenvalue weighted by Gasteiger charge is 2.60. The summed E-state index contributed by atoms with van der Waals surface area (Å²) in [5.74, 6) is 0. The molecule has 89 heavy (non-hydrogen) atoms. The van der Waals surface area contributed by atoms with Crippen molar-refractivity contribution in [2.45, 2.75) is 37.8 Å². The van der Waals surface area contributed by atoms with Gasteiger partial charge >= 0.3 is 6.18 Å². The second-order valence-corrected chi connectivity index (χ2v) is 25.2. The molecule has 3 aliphatic carbocycles. The molecule has 0 fully saturated rings. The van der Waals surface area contributed by atoms with Crippen molar-refractivity contribution >= 4 is 21.5 Å². The van der Waals surface area contributed by atoms with E-state index >= 15 is 13.2 Å². The van der Waals surface area contributed by atoms with Gasteiger partial charge in [0, 0.05) is 5.41 Å². The Hall–Kier alpha value is -10.6. The molecule has 0 heterocycles. The summed E-state index contributed by atoms with van der Waals surface area (Å²) in [6, 6.07) is 102. The van der Waals surface area contributed by atoms with Crippen LogP contribution in [-0.2, 0) is 10.8 Å². The van der Waals surface area contributed by atoms with Crippen LogP contribution in [0.25, 0.3) is 155 Å². The predicted octanol–water partition coefficient (Wildman–Crippen LogP) is 24.1. The Morgan fingerprint density at radius 3 is 0.640 bits per heavy atom. The Labute approximate surface area is 516 Å². The van der Waals surface area contributed by atoms with E-state index in [1.165, 1.54) is 6.92 Å². The summed E-state index contributed by atoms with van der Waals surface area (Å²) in [7, 11) is 0. The normalized spacial score (nSPS) is 13.7. The van der Waals surface area contributed by atoms with Crippen molar-refractivity contribution in [3.63, 3.8) is 0 Å². The van der Waals surface area contributed by atoms with Crippen LogP contribution in [0.15, 0.2) is 291 Å². The van der Waals surface area contributed by atoms with Gasteiger partial charge in [0.25, 0.3) is 0 Å². The molecule has 0 bridgehead atoms. The number of benzene rings is 14. The van der Waals surface area contributed by atoms with Crippen LogP contribution in [0, 0.1) is 0 Å². The first-order valence-corrected chi connectivity index (χ1v) is 30.7. The third-order valence-corrected chi connectivity index (χ3v) is 19.9. The van der Waals surface area contributed by atoms with Crippen LogP contribution in [0.5, 0.6) is 0 Å². The predicted molar refractivity (Wildman–Crippen MR) is 365 cm³/mol. The summed E-state index contributed by atoms with van der Waals surface area (Å²) in [6.07, 6.45) is -4.68. The lowest BCUT2D eigenvalue weighted by molar-refractivity contribution is -0.174. The van der Waals surface area contributed by atoms with Crippen LogP contribution >= 0.6 is 0 Å². The fourth-order valence-corrected chi connectivity index (χ4v) is 15.0. The van der Waals surface area contributed by atoms with Gasteiger partial charge in [0.15, 0.2) is 0 Å². The molecule has 0 amide bonds. The smallest absolute Gasteiger partial charge is 0.170 e. The molecule has 14 aromatic carbocycles. The molecule has 0 spiro atoms. The third kappa shape index (κ3) is 8.29. The van der Waals surface area contributed by atoms with Crippen LogP contribution in [0.3, 0.4) is 0 Å². The third-order valence-electron chi connectivity index (χ3n) is 19.9. The standard InChI is InChI=1S/C86H57F3/c1-84(2)78-48-70-72(76-46-66(62-36-28-58(29-37-62)54-20-12-6-13-21-54)42-68-40-64(44-74(70)82(68)76)60-32-24-56(25-33-60)52-16-8-4-9-17-52)50-80(78)85(3,86(87,88)89)81-51-73-71(49-79(81)84)75-45-65(61-34-26-57(27-35-61)53-18-10-5-11-19-53)41-69-43-67(47-77(73)83(69)75)63-38-30-59(31-39-63)55-22-14-7-15-23-55/h4-51H,1-3H3. The monoisotopic (exact) mass is 1150 g/mol. The van der Waals surface area contributed by atoms with Crippen molar-refractivity contribution in [2.24, 2.45) is 0 Å². The molecule has 0 unspecified atom stereocenters. The Kier molecular flexibility index (Phi) is 11.7. The molecule has 0 N–H and O–H groups in total. The first kappa shape index (κ1) is 52.7. The summed E-state index contributed by atoms with van der Waals surface area (Å²) < 4.78 is 51.8. The molecule has 3 heteroatoms. The number of halogens is 3. The molecule has 17 rings (SSSR count). The Morgan fingerprint density at radius 1 is 0.213 bits per heavy atom. The van der Waals surface area contributed by atoms with Gasteiger partial charge in [-0.1, -0.05) is 232 Å². The van der Waals surface area contributed by atoms with E-state index in [0.29, 0.717) is 22.3 Å². The summed E-state index contributed by atoms with van der Waals surface area (Å²) in [5.41, 5.74) is 23.6. The van der Waals surface area contributed by atoms with E-state index in [-0.39, 0.29) is 0 Å². The molecule has 0 saturated heterocycles. The van der Waals surface area contributed by atoms with Gasteiger partial charge in [-0.2, -0.15) is 13.2 Å². The fourth-order valence-electron chi connectivity index (χ4n) is 15.0. The van der Waals surface area contributed by atoms with E-state index in [1.54, 1.807) is 0 Å². The minimum Gasteiger partial charge on any atom is -0.170 e. The molecule has 3 aliphatic rings. The van der Waals surface area contributed by atoms with Crippen LogP contribution in [0.4, 0.5) is 13.2 Å². The van der Waals surface area contributed by atoms with Crippen molar-refractivity contribution in [3.05, 3.63) is 313 Å². The van der Waals surface area contributed by atoms with Crippen molar-refractivity contribution in [2.75, 3.05) is 0 Å². The molecule has 422 valence electrons. The zero-order valence-corrected chi connectivity index (χ0v) is 49.3. The molecule has 0 saturated carbocycles. The highest BCUT2D eigenvalue weighted by atomic mass is 19.4. The zero-order chi connectivity index (χ0) is 59.9. The summed E-state index contributed by atoms with van der Waals surface area (Å²) in [6.45, 7) is 5.72. The summed E-state index contributed by atoms with van der Waals surface area (Å²) >= 11 is 0. The van der Waals surface area contributed by atoms with E-state index in [9.17, 15) is 0 Å². The van der Waals surface area contributed by atoms with Crippen molar-refractivity contribution < 1.29 is 13.2 Å². The van der Waals surface area contributed by atoms with Crippen LogP contribution in [0.2, 0.25) is 0 Å². The summed E-state index contributed by atoms with van der Waals surface area (Å²) in [5, 5.41) is 4.20. The highest BCUT2D eigenvalue weighted by molar-refractivity contribution is 6.20. The van der Waals surface area contributed by atoms with E-state index < -0.39 is 17.0 Å². The first-order chi connectivity index (χ1) is 43.3. The average Bonchev–Trinajstić information content (AvgIpc) is 1.68. The molecule has 14 aromatic rings. The topological polar surface area (TPSA) is 0 Å². The lowest BCUT2D eigenvalue weighted by Gasteiger charge is -2.46. The van der Waals surface area contributed by atoms with Gasteiger partial charge in [-0.15, -0.1) is 0 Å². The van der Waals surface area contributed by atoms with Crippen LogP contribution in [-0.4, -0.2) is 6.18 Å². The lowest BCUT2D eigenvalue weighted by atomic mass is 9.58. The molecule has 0 radical (unpaired) electrons. The number of rotatable bonds is 8. The molecule has 0 atom stereocenters. The number of alkyl halides is 3. The number of hydrogen-bond donors (Lipinski definition) is 0. The first-order valence-electron chi connectivity index (χ1n) is 30.7. The maximum Gasteiger partial charge on any atom is 0.402 e. The fraction of sp³-hybridized carbons (Fsp3) is 0.0698. The molecular weight excluding hydrogens is 1090 g/mol. The van der Waals surface area contributed by atoms with E-state index in [2.05, 4.69) is 269 Å². The Balaban J connectivity index is 0.852. The van der Waals surface area contributed by atoms with Gasteiger partial charge < -0.3 is 0 Å². The van der Waals surface area contributed by atoms with E-state index in [0.717, 1.165) is 155 Å².